The van der Waals surface area contributed by atoms with Gasteiger partial charge in [0, 0.05) is 12.4 Å². The van der Waals surface area contributed by atoms with Gasteiger partial charge in [-0.3, -0.25) is 4.98 Å². The first-order valence-electron chi connectivity index (χ1n) is 9.72. The van der Waals surface area contributed by atoms with Gasteiger partial charge in [-0.15, -0.1) is 0 Å². The predicted molar refractivity (Wildman–Crippen MR) is 109 cm³/mol. The summed E-state index contributed by atoms with van der Waals surface area (Å²) in [6.07, 6.45) is 5.49. The molecular weight excluding hydrogens is 369 g/mol. The summed E-state index contributed by atoms with van der Waals surface area (Å²) in [6, 6.07) is 12.4. The highest BCUT2D eigenvalue weighted by atomic mass is 19.1. The molecule has 1 N–H and O–H groups in total. The van der Waals surface area contributed by atoms with Crippen molar-refractivity contribution < 1.29 is 19.0 Å². The summed E-state index contributed by atoms with van der Waals surface area (Å²) in [7, 11) is 0. The number of hydrogen-bond acceptors (Lipinski definition) is 3. The summed E-state index contributed by atoms with van der Waals surface area (Å²) >= 11 is 0. The molecule has 4 rings (SSSR count). The third-order valence-electron chi connectivity index (χ3n) is 5.58. The number of halogens is 1. The van der Waals surface area contributed by atoms with Crippen molar-refractivity contribution in [1.82, 2.24) is 4.98 Å². The molecule has 0 radical (unpaired) electrons. The molecule has 0 aliphatic carbocycles. The molecule has 1 aliphatic rings. The molecule has 3 aromatic rings. The number of aromatic carboxylic acids is 1. The van der Waals surface area contributed by atoms with Crippen molar-refractivity contribution in [2.75, 3.05) is 6.61 Å². The fourth-order valence-corrected chi connectivity index (χ4v) is 4.00. The Morgan fingerprint density at radius 1 is 1.24 bits per heavy atom. The highest BCUT2D eigenvalue weighted by Crippen LogP contribution is 2.39. The molecule has 0 unspecified atom stereocenters. The van der Waals surface area contributed by atoms with E-state index in [1.807, 2.05) is 19.1 Å². The Morgan fingerprint density at radius 3 is 2.93 bits per heavy atom. The first kappa shape index (κ1) is 19.1. The molecule has 2 aromatic carbocycles. The Labute approximate surface area is 169 Å². The minimum Gasteiger partial charge on any atom is -0.493 e. The molecule has 0 amide bonds. The van der Waals surface area contributed by atoms with Gasteiger partial charge in [0.2, 0.25) is 0 Å². The molecule has 0 bridgehead atoms. The minimum absolute atomic E-state index is 0.257. The van der Waals surface area contributed by atoms with E-state index in [4.69, 9.17) is 4.74 Å². The Hall–Kier alpha value is -3.21. The zero-order valence-corrected chi connectivity index (χ0v) is 16.2. The quantitative estimate of drug-likeness (QED) is 0.633. The van der Waals surface area contributed by atoms with Crippen molar-refractivity contribution in [3.8, 4) is 16.9 Å². The van der Waals surface area contributed by atoms with E-state index in [9.17, 15) is 14.3 Å². The number of aromatic nitrogens is 1. The van der Waals surface area contributed by atoms with E-state index >= 15 is 0 Å². The number of hydrogen-bond donors (Lipinski definition) is 1. The second-order valence-electron chi connectivity index (χ2n) is 7.42. The van der Waals surface area contributed by atoms with Crippen LogP contribution >= 0.6 is 0 Å². The molecule has 0 fully saturated rings. The molecule has 0 spiro atoms. The summed E-state index contributed by atoms with van der Waals surface area (Å²) in [4.78, 5) is 15.5. The fourth-order valence-electron chi connectivity index (χ4n) is 4.00. The molecule has 29 heavy (non-hydrogen) atoms. The van der Waals surface area contributed by atoms with Crippen molar-refractivity contribution in [1.29, 1.82) is 0 Å². The number of benzene rings is 2. The number of ether oxygens (including phenoxy) is 1. The van der Waals surface area contributed by atoms with Gasteiger partial charge in [0.15, 0.2) is 0 Å². The summed E-state index contributed by atoms with van der Waals surface area (Å²) in [5.41, 5.74) is 4.98. The summed E-state index contributed by atoms with van der Waals surface area (Å²) in [6.45, 7) is 2.58. The third-order valence-corrected chi connectivity index (χ3v) is 5.58. The van der Waals surface area contributed by atoms with Crippen molar-refractivity contribution in [3.63, 3.8) is 0 Å². The molecular formula is C24H22FNO3. The number of carbonyl (C=O) groups is 1. The van der Waals surface area contributed by atoms with E-state index in [1.54, 1.807) is 24.4 Å². The fraction of sp³-hybridized carbons (Fsp3) is 0.250. The average Bonchev–Trinajstić information content (AvgIpc) is 2.73. The second-order valence-corrected chi connectivity index (χ2v) is 7.42. The van der Waals surface area contributed by atoms with Gasteiger partial charge in [-0.1, -0.05) is 18.2 Å². The second kappa shape index (κ2) is 8.03. The van der Waals surface area contributed by atoms with Gasteiger partial charge in [-0.2, -0.15) is 0 Å². The Kier molecular flexibility index (Phi) is 5.30. The zero-order chi connectivity index (χ0) is 20.4. The van der Waals surface area contributed by atoms with Crippen LogP contribution in [0.4, 0.5) is 4.39 Å². The smallest absolute Gasteiger partial charge is 0.336 e. The molecule has 1 atom stereocenters. The number of pyridine rings is 1. The maximum Gasteiger partial charge on any atom is 0.336 e. The Balaban J connectivity index is 1.58. The predicted octanol–water partition coefficient (Wildman–Crippen LogP) is 5.39. The standard InChI is InChI=1S/C24H22FNO3/c1-15-2-6-19(25)13-22(15)17-5-7-20-16(9-11-29-23(20)12-17)3-4-18-14-26-10-8-21(18)24(27)28/h2,5-8,10,12-14,16H,3-4,9,11H2,1H3,(H,27,28)/t16-/m1/s1. The van der Waals surface area contributed by atoms with Crippen molar-refractivity contribution in [2.24, 2.45) is 0 Å². The monoisotopic (exact) mass is 391 g/mol. The lowest BCUT2D eigenvalue weighted by Gasteiger charge is -2.27. The molecule has 148 valence electrons. The molecule has 0 saturated heterocycles. The van der Waals surface area contributed by atoms with Gasteiger partial charge < -0.3 is 9.84 Å². The number of nitrogens with zero attached hydrogens (tertiary/aromatic N) is 1. The summed E-state index contributed by atoms with van der Waals surface area (Å²) in [5, 5.41) is 9.37. The maximum absolute atomic E-state index is 13.7. The lowest BCUT2D eigenvalue weighted by atomic mass is 9.86. The number of carboxylic acid groups (broad SMARTS) is 1. The van der Waals surface area contributed by atoms with Gasteiger partial charge in [-0.25, -0.2) is 9.18 Å². The van der Waals surface area contributed by atoms with E-state index in [0.29, 0.717) is 18.6 Å². The summed E-state index contributed by atoms with van der Waals surface area (Å²) < 4.78 is 19.6. The number of rotatable bonds is 5. The maximum atomic E-state index is 13.7. The van der Waals surface area contributed by atoms with Crippen LogP contribution in [0.5, 0.6) is 5.75 Å². The van der Waals surface area contributed by atoms with Crippen LogP contribution in [0.2, 0.25) is 0 Å². The van der Waals surface area contributed by atoms with Crippen LogP contribution in [-0.4, -0.2) is 22.7 Å². The summed E-state index contributed by atoms with van der Waals surface area (Å²) in [5.74, 6) is -0.0759. The number of aryl methyl sites for hydroxylation is 2. The zero-order valence-electron chi connectivity index (χ0n) is 16.2. The highest BCUT2D eigenvalue weighted by molar-refractivity contribution is 5.89. The van der Waals surface area contributed by atoms with Crippen LogP contribution in [0.3, 0.4) is 0 Å². The van der Waals surface area contributed by atoms with Crippen LogP contribution in [-0.2, 0) is 6.42 Å². The topological polar surface area (TPSA) is 59.4 Å². The highest BCUT2D eigenvalue weighted by Gasteiger charge is 2.23. The minimum atomic E-state index is -0.926. The molecule has 1 aromatic heterocycles. The van der Waals surface area contributed by atoms with E-state index in [0.717, 1.165) is 46.4 Å². The van der Waals surface area contributed by atoms with Gasteiger partial charge in [0.25, 0.3) is 0 Å². The molecule has 2 heterocycles. The van der Waals surface area contributed by atoms with Crippen molar-refractivity contribution in [2.45, 2.75) is 32.1 Å². The number of fused-ring (bicyclic) bond motifs is 1. The third kappa shape index (κ3) is 3.99. The SMILES string of the molecule is Cc1ccc(F)cc1-c1ccc2c(c1)OCC[C@H]2CCc1cnccc1C(=O)O. The molecule has 1 aliphatic heterocycles. The number of carboxylic acids is 1. The van der Waals surface area contributed by atoms with Gasteiger partial charge in [-0.05, 0) is 84.2 Å². The van der Waals surface area contributed by atoms with Crippen LogP contribution in [0, 0.1) is 12.7 Å². The van der Waals surface area contributed by atoms with Gasteiger partial charge >= 0.3 is 5.97 Å². The van der Waals surface area contributed by atoms with Gasteiger partial charge in [0.1, 0.15) is 11.6 Å². The van der Waals surface area contributed by atoms with E-state index < -0.39 is 5.97 Å². The molecule has 4 nitrogen and oxygen atoms in total. The Bertz CT molecular complexity index is 1060. The van der Waals surface area contributed by atoms with Crippen LogP contribution in [0.1, 0.15) is 45.8 Å². The Morgan fingerprint density at radius 2 is 2.10 bits per heavy atom. The van der Waals surface area contributed by atoms with Crippen LogP contribution in [0.15, 0.2) is 54.9 Å². The largest absolute Gasteiger partial charge is 0.493 e. The lowest BCUT2D eigenvalue weighted by molar-refractivity contribution is 0.0695. The van der Waals surface area contributed by atoms with Crippen LogP contribution in [0.25, 0.3) is 11.1 Å². The van der Waals surface area contributed by atoms with Crippen molar-refractivity contribution >= 4 is 5.97 Å². The van der Waals surface area contributed by atoms with E-state index in [1.165, 1.54) is 12.3 Å². The van der Waals surface area contributed by atoms with Gasteiger partial charge in [0.05, 0.1) is 12.2 Å². The van der Waals surface area contributed by atoms with Crippen molar-refractivity contribution in [3.05, 3.63) is 82.9 Å². The van der Waals surface area contributed by atoms with E-state index in [2.05, 4.69) is 11.1 Å². The molecule has 0 saturated carbocycles. The average molecular weight is 391 g/mol. The lowest BCUT2D eigenvalue weighted by Crippen LogP contribution is -2.15. The first-order chi connectivity index (χ1) is 14.0. The van der Waals surface area contributed by atoms with Crippen LogP contribution < -0.4 is 4.74 Å². The first-order valence-corrected chi connectivity index (χ1v) is 9.72. The molecule has 5 heteroatoms. The normalized spacial score (nSPS) is 15.4. The van der Waals surface area contributed by atoms with E-state index in [-0.39, 0.29) is 11.7 Å².